The molecule has 0 spiro atoms. The Labute approximate surface area is 141 Å². The average Bonchev–Trinajstić information content (AvgIpc) is 2.47. The fraction of sp³-hybridized carbons (Fsp3) is 0.556. The molecule has 1 aliphatic rings. The number of aliphatic carboxylic acids is 1. The van der Waals surface area contributed by atoms with Crippen molar-refractivity contribution >= 4 is 17.7 Å². The van der Waals surface area contributed by atoms with E-state index in [2.05, 4.69) is 5.32 Å². The van der Waals surface area contributed by atoms with Gasteiger partial charge < -0.3 is 9.84 Å². The van der Waals surface area contributed by atoms with Gasteiger partial charge in [0.1, 0.15) is 11.4 Å². The summed E-state index contributed by atoms with van der Waals surface area (Å²) in [5.74, 6) is -1.51. The predicted octanol–water partition coefficient (Wildman–Crippen LogP) is 4.46. The smallest absolute Gasteiger partial charge is 0.412 e. The van der Waals surface area contributed by atoms with Gasteiger partial charge in [-0.3, -0.25) is 10.1 Å². The lowest BCUT2D eigenvalue weighted by atomic mass is 9.69. The SMILES string of the molecule is CC(C)(C)OC(=O)Nc1ccc(F)cc1C1(C(=O)O)CCCCC1. The molecular formula is C18H24FNO4. The minimum absolute atomic E-state index is 0.287. The van der Waals surface area contributed by atoms with Gasteiger partial charge in [-0.2, -0.15) is 0 Å². The molecule has 1 aromatic carbocycles. The molecule has 0 saturated heterocycles. The van der Waals surface area contributed by atoms with Gasteiger partial charge >= 0.3 is 12.1 Å². The maximum Gasteiger partial charge on any atom is 0.412 e. The van der Waals surface area contributed by atoms with Gasteiger partial charge in [-0.25, -0.2) is 9.18 Å². The van der Waals surface area contributed by atoms with E-state index in [4.69, 9.17) is 4.74 Å². The Balaban J connectivity index is 2.40. The highest BCUT2D eigenvalue weighted by atomic mass is 19.1. The third-order valence-electron chi connectivity index (χ3n) is 4.25. The van der Waals surface area contributed by atoms with E-state index in [1.165, 1.54) is 18.2 Å². The molecule has 5 nitrogen and oxygen atoms in total. The standard InChI is InChI=1S/C18H24FNO4/c1-17(2,3)24-16(23)20-14-8-7-12(19)11-13(14)18(15(21)22)9-5-4-6-10-18/h7-8,11H,4-6,9-10H2,1-3H3,(H,20,23)(H,21,22). The number of amides is 1. The van der Waals surface area contributed by atoms with Crippen LogP contribution in [0.25, 0.3) is 0 Å². The highest BCUT2D eigenvalue weighted by Gasteiger charge is 2.43. The van der Waals surface area contributed by atoms with Crippen LogP contribution in [0.15, 0.2) is 18.2 Å². The molecule has 0 aromatic heterocycles. The van der Waals surface area contributed by atoms with E-state index in [9.17, 15) is 19.1 Å². The zero-order valence-electron chi connectivity index (χ0n) is 14.3. The van der Waals surface area contributed by atoms with Gasteiger partial charge in [0.2, 0.25) is 0 Å². The minimum atomic E-state index is -1.18. The maximum atomic E-state index is 13.8. The molecule has 1 amide bonds. The molecule has 0 bridgehead atoms. The van der Waals surface area contributed by atoms with E-state index in [-0.39, 0.29) is 5.69 Å². The molecule has 2 N–H and O–H groups in total. The molecule has 0 atom stereocenters. The number of carbonyl (C=O) groups is 2. The Morgan fingerprint density at radius 2 is 1.83 bits per heavy atom. The van der Waals surface area contributed by atoms with E-state index < -0.39 is 28.9 Å². The number of halogens is 1. The van der Waals surface area contributed by atoms with Gasteiger partial charge in [0.05, 0.1) is 5.41 Å². The normalized spacial score (nSPS) is 17.2. The van der Waals surface area contributed by atoms with E-state index in [0.717, 1.165) is 19.3 Å². The van der Waals surface area contributed by atoms with Crippen LogP contribution in [0.1, 0.15) is 58.4 Å². The monoisotopic (exact) mass is 337 g/mol. The van der Waals surface area contributed by atoms with Crippen LogP contribution in [0.5, 0.6) is 0 Å². The lowest BCUT2D eigenvalue weighted by Gasteiger charge is -2.35. The Morgan fingerprint density at radius 3 is 2.38 bits per heavy atom. The molecule has 1 saturated carbocycles. The van der Waals surface area contributed by atoms with Crippen LogP contribution in [0.3, 0.4) is 0 Å². The molecular weight excluding hydrogens is 313 g/mol. The second-order valence-electron chi connectivity index (χ2n) is 7.26. The molecule has 1 aliphatic carbocycles. The number of nitrogens with one attached hydrogen (secondary N) is 1. The van der Waals surface area contributed by atoms with Crippen LogP contribution in [-0.4, -0.2) is 22.8 Å². The van der Waals surface area contributed by atoms with Crippen molar-refractivity contribution in [2.45, 2.75) is 63.9 Å². The van der Waals surface area contributed by atoms with Gasteiger partial charge in [-0.05, 0) is 57.4 Å². The largest absolute Gasteiger partial charge is 0.481 e. The van der Waals surface area contributed by atoms with Crippen molar-refractivity contribution in [1.82, 2.24) is 0 Å². The number of rotatable bonds is 3. The highest BCUT2D eigenvalue weighted by Crippen LogP contribution is 2.43. The number of ether oxygens (including phenoxy) is 1. The fourth-order valence-corrected chi connectivity index (χ4v) is 3.19. The minimum Gasteiger partial charge on any atom is -0.481 e. The summed E-state index contributed by atoms with van der Waals surface area (Å²) in [6, 6.07) is 3.81. The molecule has 6 heteroatoms. The lowest BCUT2D eigenvalue weighted by molar-refractivity contribution is -0.145. The summed E-state index contributed by atoms with van der Waals surface area (Å²) >= 11 is 0. The predicted molar refractivity (Wildman–Crippen MR) is 88.7 cm³/mol. The summed E-state index contributed by atoms with van der Waals surface area (Å²) in [6.45, 7) is 5.20. The fourth-order valence-electron chi connectivity index (χ4n) is 3.19. The zero-order chi connectivity index (χ0) is 18.0. The van der Waals surface area contributed by atoms with E-state index in [0.29, 0.717) is 18.4 Å². The first-order chi connectivity index (χ1) is 11.1. The van der Waals surface area contributed by atoms with Gasteiger partial charge in [0.15, 0.2) is 0 Å². The Bertz CT molecular complexity index is 630. The van der Waals surface area contributed by atoms with Crippen molar-refractivity contribution in [3.05, 3.63) is 29.6 Å². The summed E-state index contributed by atoms with van der Waals surface area (Å²) in [4.78, 5) is 24.0. The van der Waals surface area contributed by atoms with E-state index in [1.54, 1.807) is 20.8 Å². The molecule has 0 unspecified atom stereocenters. The number of anilines is 1. The van der Waals surface area contributed by atoms with Gasteiger partial charge in [-0.15, -0.1) is 0 Å². The summed E-state index contributed by atoms with van der Waals surface area (Å²) in [5, 5.41) is 12.4. The van der Waals surface area contributed by atoms with Crippen LogP contribution in [0.4, 0.5) is 14.9 Å². The first kappa shape index (κ1) is 18.2. The lowest BCUT2D eigenvalue weighted by Crippen LogP contribution is -2.39. The van der Waals surface area contributed by atoms with Crippen molar-refractivity contribution in [2.24, 2.45) is 0 Å². The van der Waals surface area contributed by atoms with Crippen molar-refractivity contribution in [3.63, 3.8) is 0 Å². The first-order valence-corrected chi connectivity index (χ1v) is 8.17. The van der Waals surface area contributed by atoms with E-state index in [1.807, 2.05) is 0 Å². The number of carboxylic acids is 1. The van der Waals surface area contributed by atoms with Crippen LogP contribution >= 0.6 is 0 Å². The van der Waals surface area contributed by atoms with Gasteiger partial charge in [0, 0.05) is 5.69 Å². The van der Waals surface area contributed by atoms with Crippen molar-refractivity contribution in [2.75, 3.05) is 5.32 Å². The Morgan fingerprint density at radius 1 is 1.21 bits per heavy atom. The summed E-state index contributed by atoms with van der Waals surface area (Å²) in [6.07, 6.45) is 2.64. The van der Waals surface area contributed by atoms with Crippen LogP contribution in [0.2, 0.25) is 0 Å². The van der Waals surface area contributed by atoms with Crippen molar-refractivity contribution < 1.29 is 23.8 Å². The maximum absolute atomic E-state index is 13.8. The molecule has 1 fully saturated rings. The third kappa shape index (κ3) is 4.04. The summed E-state index contributed by atoms with van der Waals surface area (Å²) < 4.78 is 19.0. The van der Waals surface area contributed by atoms with Crippen LogP contribution < -0.4 is 5.32 Å². The first-order valence-electron chi connectivity index (χ1n) is 8.17. The quantitative estimate of drug-likeness (QED) is 0.854. The van der Waals surface area contributed by atoms with Gasteiger partial charge in [0.25, 0.3) is 0 Å². The number of hydrogen-bond donors (Lipinski definition) is 2. The van der Waals surface area contributed by atoms with Crippen LogP contribution in [-0.2, 0) is 14.9 Å². The number of carbonyl (C=O) groups excluding carboxylic acids is 1. The number of benzene rings is 1. The second kappa shape index (κ2) is 6.79. The van der Waals surface area contributed by atoms with Crippen LogP contribution in [0, 0.1) is 5.82 Å². The molecule has 1 aromatic rings. The molecule has 2 rings (SSSR count). The Hall–Kier alpha value is -2.11. The molecule has 0 heterocycles. The average molecular weight is 337 g/mol. The van der Waals surface area contributed by atoms with Crippen molar-refractivity contribution in [3.8, 4) is 0 Å². The number of hydrogen-bond acceptors (Lipinski definition) is 3. The molecule has 0 radical (unpaired) electrons. The van der Waals surface area contributed by atoms with Gasteiger partial charge in [-0.1, -0.05) is 19.3 Å². The molecule has 24 heavy (non-hydrogen) atoms. The topological polar surface area (TPSA) is 75.6 Å². The highest BCUT2D eigenvalue weighted by molar-refractivity contribution is 5.90. The van der Waals surface area contributed by atoms with Crippen molar-refractivity contribution in [1.29, 1.82) is 0 Å². The molecule has 132 valence electrons. The second-order valence-corrected chi connectivity index (χ2v) is 7.26. The number of carboxylic acid groups (broad SMARTS) is 1. The summed E-state index contributed by atoms with van der Waals surface area (Å²) in [7, 11) is 0. The Kier molecular flexibility index (Phi) is 5.16. The summed E-state index contributed by atoms with van der Waals surface area (Å²) in [5.41, 5.74) is -1.26. The van der Waals surface area contributed by atoms with E-state index >= 15 is 0 Å². The molecule has 0 aliphatic heterocycles. The third-order valence-corrected chi connectivity index (χ3v) is 4.25. The zero-order valence-corrected chi connectivity index (χ0v) is 14.3.